The summed E-state index contributed by atoms with van der Waals surface area (Å²) < 4.78 is 108. The maximum Gasteiger partial charge on any atom is 0.425 e. The minimum absolute atomic E-state index is 0.0187. The Kier molecular flexibility index (Phi) is 5.66. The van der Waals surface area contributed by atoms with Crippen LogP contribution in [0.4, 0.5) is 26.3 Å². The van der Waals surface area contributed by atoms with E-state index < -0.39 is 51.1 Å². The molecule has 3 aliphatic rings. The molecule has 1 fully saturated rings. The van der Waals surface area contributed by atoms with Crippen LogP contribution in [0.15, 0.2) is 57.5 Å². The largest absolute Gasteiger partial charge is 0.480 e. The zero-order valence-corrected chi connectivity index (χ0v) is 18.7. The summed E-state index contributed by atoms with van der Waals surface area (Å²) in [6.07, 6.45) is -8.19. The van der Waals surface area contributed by atoms with Crippen LogP contribution in [0.3, 0.4) is 0 Å². The van der Waals surface area contributed by atoms with Crippen LogP contribution in [0.25, 0.3) is 0 Å². The number of hydrogen-bond donors (Lipinski definition) is 0. The standard InChI is InChI=1S/C22H19F6NO4S/c1-11(21(23,24)25)33-19-4-3-15(34(2,31)32)8-17(19)20(30)29-9-13-6-14(22(26,27)28)5-12-7-16(12)18(13)10-29/h3-6,8,11,16H,7,9-10H2,1-2H3/t11-,16?/m0/s1. The van der Waals surface area contributed by atoms with Gasteiger partial charge in [-0.15, -0.1) is 0 Å². The zero-order valence-electron chi connectivity index (χ0n) is 17.9. The molecule has 0 saturated heterocycles. The number of rotatable bonds is 4. The van der Waals surface area contributed by atoms with Crippen molar-refractivity contribution < 1.29 is 44.3 Å². The third-order valence-corrected chi connectivity index (χ3v) is 7.05. The van der Waals surface area contributed by atoms with Gasteiger partial charge in [0.2, 0.25) is 0 Å². The number of ether oxygens (including phenoxy) is 1. The number of fused-ring (bicyclic) bond motifs is 2. The van der Waals surface area contributed by atoms with Crippen LogP contribution in [0.2, 0.25) is 0 Å². The van der Waals surface area contributed by atoms with E-state index in [1.165, 1.54) is 4.90 Å². The first-order valence-corrected chi connectivity index (χ1v) is 12.0. The van der Waals surface area contributed by atoms with E-state index in [4.69, 9.17) is 4.74 Å². The highest BCUT2D eigenvalue weighted by atomic mass is 32.2. The third kappa shape index (κ3) is 4.73. The summed E-state index contributed by atoms with van der Waals surface area (Å²) in [6.45, 7) is 0.528. The highest BCUT2D eigenvalue weighted by Gasteiger charge is 2.45. The van der Waals surface area contributed by atoms with Gasteiger partial charge in [-0.25, -0.2) is 8.42 Å². The number of carbonyl (C=O) groups is 1. The van der Waals surface area contributed by atoms with Gasteiger partial charge in [-0.3, -0.25) is 4.79 Å². The van der Waals surface area contributed by atoms with E-state index in [-0.39, 0.29) is 23.9 Å². The summed E-state index contributed by atoms with van der Waals surface area (Å²) in [7, 11) is -3.81. The maximum atomic E-state index is 13.3. The van der Waals surface area contributed by atoms with E-state index >= 15 is 0 Å². The van der Waals surface area contributed by atoms with Crippen molar-refractivity contribution in [3.05, 3.63) is 58.2 Å². The van der Waals surface area contributed by atoms with Crippen molar-refractivity contribution in [3.63, 3.8) is 0 Å². The Labute approximate surface area is 191 Å². The van der Waals surface area contributed by atoms with Gasteiger partial charge in [0.1, 0.15) is 5.75 Å². The first-order chi connectivity index (χ1) is 15.6. The Morgan fingerprint density at radius 3 is 2.38 bits per heavy atom. The van der Waals surface area contributed by atoms with Crippen molar-refractivity contribution in [2.75, 3.05) is 19.3 Å². The molecular formula is C22H19F6NO4S. The molecular weight excluding hydrogens is 488 g/mol. The number of carbonyl (C=O) groups excluding carboxylic acids is 1. The topological polar surface area (TPSA) is 63.7 Å². The molecule has 2 aliphatic carbocycles. The number of amides is 1. The number of allylic oxidation sites excluding steroid dienone is 3. The molecule has 0 N–H and O–H groups in total. The van der Waals surface area contributed by atoms with Gasteiger partial charge in [0.05, 0.1) is 16.0 Å². The van der Waals surface area contributed by atoms with Crippen molar-refractivity contribution in [1.29, 1.82) is 0 Å². The van der Waals surface area contributed by atoms with Crippen LogP contribution in [0.1, 0.15) is 23.7 Å². The first-order valence-electron chi connectivity index (χ1n) is 10.1. The van der Waals surface area contributed by atoms with E-state index in [2.05, 4.69) is 0 Å². The lowest BCUT2D eigenvalue weighted by atomic mass is 10.1. The van der Waals surface area contributed by atoms with Crippen molar-refractivity contribution >= 4 is 15.7 Å². The fourth-order valence-corrected chi connectivity index (χ4v) is 4.65. The monoisotopic (exact) mass is 507 g/mol. The second-order valence-electron chi connectivity index (χ2n) is 8.52. The molecule has 1 aromatic rings. The lowest BCUT2D eigenvalue weighted by molar-refractivity contribution is -0.189. The minimum Gasteiger partial charge on any atom is -0.480 e. The molecule has 1 saturated carbocycles. The predicted octanol–water partition coefficient (Wildman–Crippen LogP) is 4.62. The molecule has 4 rings (SSSR count). The number of nitrogens with zero attached hydrogens (tertiary/aromatic N) is 1. The van der Waals surface area contributed by atoms with Gasteiger partial charge in [-0.1, -0.05) is 11.6 Å². The van der Waals surface area contributed by atoms with Crippen LogP contribution >= 0.6 is 0 Å². The Morgan fingerprint density at radius 1 is 1.12 bits per heavy atom. The second-order valence-corrected chi connectivity index (χ2v) is 10.5. The second kappa shape index (κ2) is 7.89. The minimum atomic E-state index is -4.74. The highest BCUT2D eigenvalue weighted by molar-refractivity contribution is 7.90. The van der Waals surface area contributed by atoms with Gasteiger partial charge in [-0.05, 0) is 48.8 Å². The third-order valence-electron chi connectivity index (χ3n) is 5.94. The summed E-state index contributed by atoms with van der Waals surface area (Å²) in [5, 5.41) is 0. The van der Waals surface area contributed by atoms with E-state index in [1.807, 2.05) is 0 Å². The van der Waals surface area contributed by atoms with Crippen LogP contribution in [-0.2, 0) is 9.84 Å². The molecule has 184 valence electrons. The molecule has 34 heavy (non-hydrogen) atoms. The number of hydrogen-bond acceptors (Lipinski definition) is 4. The summed E-state index contributed by atoms with van der Waals surface area (Å²) in [5.74, 6) is -1.52. The molecule has 1 amide bonds. The van der Waals surface area contributed by atoms with Crippen LogP contribution in [-0.4, -0.2) is 57.0 Å². The van der Waals surface area contributed by atoms with Gasteiger partial charge in [-0.2, -0.15) is 26.3 Å². The predicted molar refractivity (Wildman–Crippen MR) is 109 cm³/mol. The van der Waals surface area contributed by atoms with Crippen LogP contribution in [0.5, 0.6) is 5.75 Å². The molecule has 0 radical (unpaired) electrons. The lowest BCUT2D eigenvalue weighted by Gasteiger charge is -2.23. The van der Waals surface area contributed by atoms with Crippen molar-refractivity contribution in [2.45, 2.75) is 36.7 Å². The normalized spacial score (nSPS) is 21.3. The lowest BCUT2D eigenvalue weighted by Crippen LogP contribution is -2.33. The number of halogens is 6. The SMILES string of the molecule is C[C@H](Oc1ccc(S(C)(=O)=O)cc1C(=O)N1CC2=C(C1)C1CC1=CC(C(F)(F)F)=C2)C(F)(F)F. The van der Waals surface area contributed by atoms with Gasteiger partial charge >= 0.3 is 12.4 Å². The molecule has 1 unspecified atom stereocenters. The van der Waals surface area contributed by atoms with E-state index in [0.717, 1.165) is 43.5 Å². The fourth-order valence-electron chi connectivity index (χ4n) is 4.00. The number of alkyl halides is 6. The number of benzene rings is 1. The molecule has 0 spiro atoms. The van der Waals surface area contributed by atoms with Gasteiger partial charge in [0.25, 0.3) is 5.91 Å². The summed E-state index contributed by atoms with van der Waals surface area (Å²) >= 11 is 0. The average Bonchev–Trinajstić information content (AvgIpc) is 3.37. The quantitative estimate of drug-likeness (QED) is 0.558. The Balaban J connectivity index is 1.67. The number of sulfone groups is 1. The molecule has 5 nitrogen and oxygen atoms in total. The Morgan fingerprint density at radius 2 is 1.79 bits per heavy atom. The average molecular weight is 507 g/mol. The summed E-state index contributed by atoms with van der Waals surface area (Å²) in [6, 6.07) is 2.93. The van der Waals surface area contributed by atoms with Crippen LogP contribution < -0.4 is 4.74 Å². The molecule has 1 aliphatic heterocycles. The highest BCUT2D eigenvalue weighted by Crippen LogP contribution is 2.51. The molecule has 0 aromatic heterocycles. The van der Waals surface area contributed by atoms with E-state index in [1.54, 1.807) is 0 Å². The summed E-state index contributed by atoms with van der Waals surface area (Å²) in [5.41, 5.74) is 0.323. The van der Waals surface area contributed by atoms with Crippen LogP contribution in [0, 0.1) is 5.92 Å². The van der Waals surface area contributed by atoms with Crippen molar-refractivity contribution in [2.24, 2.45) is 5.92 Å². The summed E-state index contributed by atoms with van der Waals surface area (Å²) in [4.78, 5) is 14.2. The van der Waals surface area contributed by atoms with Crippen molar-refractivity contribution in [1.82, 2.24) is 4.90 Å². The van der Waals surface area contributed by atoms with Gasteiger partial charge in [0.15, 0.2) is 15.9 Å². The van der Waals surface area contributed by atoms with E-state index in [9.17, 15) is 39.6 Å². The first kappa shape index (κ1) is 24.4. The smallest absolute Gasteiger partial charge is 0.425 e. The van der Waals surface area contributed by atoms with E-state index in [0.29, 0.717) is 23.1 Å². The molecule has 2 atom stereocenters. The molecule has 12 heteroatoms. The Hall–Kier alpha value is -2.76. The molecule has 0 bridgehead atoms. The van der Waals surface area contributed by atoms with Gasteiger partial charge < -0.3 is 9.64 Å². The van der Waals surface area contributed by atoms with Crippen molar-refractivity contribution in [3.8, 4) is 5.75 Å². The molecule has 1 aromatic carbocycles. The van der Waals surface area contributed by atoms with Gasteiger partial charge in [0, 0.05) is 25.3 Å². The maximum absolute atomic E-state index is 13.3. The molecule has 1 heterocycles. The fraction of sp³-hybridized carbons (Fsp3) is 0.409. The zero-order chi connectivity index (χ0) is 25.2. The Bertz CT molecular complexity index is 1260.